The quantitative estimate of drug-likeness (QED) is 0.705. The topological polar surface area (TPSA) is 0 Å². The molecule has 0 saturated heterocycles. The second kappa shape index (κ2) is 6.39. The fourth-order valence-electron chi connectivity index (χ4n) is 3.52. The molecule has 0 radical (unpaired) electrons. The number of hydrogen-bond acceptors (Lipinski definition) is 0. The van der Waals surface area contributed by atoms with Crippen LogP contribution in [-0.4, -0.2) is 9.52 Å². The SMILES string of the molecule is C1=CCC([SiH2]C2=C(c3ccccc3)C(c3ccccc3)=CC2)=C1. The Morgan fingerprint density at radius 3 is 2.09 bits per heavy atom. The van der Waals surface area contributed by atoms with Crippen LogP contribution >= 0.6 is 0 Å². The van der Waals surface area contributed by atoms with Gasteiger partial charge in [-0.05, 0) is 35.1 Å². The van der Waals surface area contributed by atoms with Gasteiger partial charge in [0.15, 0.2) is 0 Å². The van der Waals surface area contributed by atoms with Crippen LogP contribution in [0.25, 0.3) is 11.1 Å². The average Bonchev–Trinajstić information content (AvgIpc) is 3.27. The highest BCUT2D eigenvalue weighted by molar-refractivity contribution is 6.57. The Hall–Kier alpha value is -2.38. The zero-order valence-corrected chi connectivity index (χ0v) is 14.6. The van der Waals surface area contributed by atoms with Crippen molar-refractivity contribution >= 4 is 20.7 Å². The predicted molar refractivity (Wildman–Crippen MR) is 103 cm³/mol. The van der Waals surface area contributed by atoms with Gasteiger partial charge in [-0.25, -0.2) is 0 Å². The molecule has 1 heteroatoms. The molecular weight excluding hydrogens is 292 g/mol. The molecule has 0 nitrogen and oxygen atoms in total. The van der Waals surface area contributed by atoms with Gasteiger partial charge in [0, 0.05) is 0 Å². The van der Waals surface area contributed by atoms with Gasteiger partial charge in [0.1, 0.15) is 0 Å². The third-order valence-electron chi connectivity index (χ3n) is 4.61. The Labute approximate surface area is 140 Å². The summed E-state index contributed by atoms with van der Waals surface area (Å²) < 4.78 is 0. The molecule has 2 aliphatic carbocycles. The fourth-order valence-corrected chi connectivity index (χ4v) is 5.49. The lowest BCUT2D eigenvalue weighted by molar-refractivity contribution is 1.35. The molecule has 0 bridgehead atoms. The second-order valence-corrected chi connectivity index (χ2v) is 8.28. The van der Waals surface area contributed by atoms with Crippen molar-refractivity contribution in [2.75, 3.05) is 0 Å². The van der Waals surface area contributed by atoms with Crippen molar-refractivity contribution in [1.82, 2.24) is 0 Å². The highest BCUT2D eigenvalue weighted by Crippen LogP contribution is 2.40. The maximum atomic E-state index is 2.43. The zero-order valence-electron chi connectivity index (χ0n) is 13.2. The number of rotatable bonds is 4. The number of allylic oxidation sites excluding steroid dienone is 8. The van der Waals surface area contributed by atoms with E-state index in [1.807, 2.05) is 0 Å². The van der Waals surface area contributed by atoms with E-state index in [0.717, 1.165) is 6.42 Å². The van der Waals surface area contributed by atoms with Crippen LogP contribution in [0.4, 0.5) is 0 Å². The Kier molecular flexibility index (Phi) is 3.95. The first-order valence-electron chi connectivity index (χ1n) is 8.30. The molecule has 0 heterocycles. The second-order valence-electron chi connectivity index (χ2n) is 6.17. The highest BCUT2D eigenvalue weighted by atomic mass is 28.2. The monoisotopic (exact) mass is 312 g/mol. The van der Waals surface area contributed by atoms with Crippen molar-refractivity contribution in [2.45, 2.75) is 12.8 Å². The van der Waals surface area contributed by atoms with E-state index in [2.05, 4.69) is 85.0 Å². The van der Waals surface area contributed by atoms with Crippen molar-refractivity contribution in [3.8, 4) is 0 Å². The summed E-state index contributed by atoms with van der Waals surface area (Å²) >= 11 is 0. The number of hydrogen-bond donors (Lipinski definition) is 0. The molecule has 0 aromatic heterocycles. The summed E-state index contributed by atoms with van der Waals surface area (Å²) in [5, 5.41) is 3.35. The molecule has 2 aromatic rings. The van der Waals surface area contributed by atoms with Gasteiger partial charge in [0.05, 0.1) is 9.52 Å². The highest BCUT2D eigenvalue weighted by Gasteiger charge is 2.21. The van der Waals surface area contributed by atoms with Crippen LogP contribution in [0.15, 0.2) is 95.4 Å². The standard InChI is InChI=1S/C22H20Si/c1-3-9-17(10-4-1)20-15-16-21(23-19-13-7-8-14-19)22(20)18-11-5-2-6-12-18/h1-13,15H,14,16,23H2. The Morgan fingerprint density at radius 2 is 1.43 bits per heavy atom. The molecule has 2 aromatic carbocycles. The minimum absolute atomic E-state index is 0.338. The summed E-state index contributed by atoms with van der Waals surface area (Å²) in [6, 6.07) is 21.7. The smallest absolute Gasteiger partial charge is 0.0789 e. The van der Waals surface area contributed by atoms with Crippen LogP contribution in [-0.2, 0) is 0 Å². The molecule has 23 heavy (non-hydrogen) atoms. The Morgan fingerprint density at radius 1 is 0.739 bits per heavy atom. The van der Waals surface area contributed by atoms with Crippen LogP contribution in [0.1, 0.15) is 24.0 Å². The summed E-state index contributed by atoms with van der Waals surface area (Å²) in [5.41, 5.74) is 5.63. The van der Waals surface area contributed by atoms with Gasteiger partial charge in [-0.1, -0.05) is 95.4 Å². The van der Waals surface area contributed by atoms with Crippen molar-refractivity contribution in [1.29, 1.82) is 0 Å². The summed E-state index contributed by atoms with van der Waals surface area (Å²) in [5.74, 6) is 0. The van der Waals surface area contributed by atoms with E-state index in [-0.39, 0.29) is 9.52 Å². The summed E-state index contributed by atoms with van der Waals surface area (Å²) in [6.45, 7) is 0. The first kappa shape index (κ1) is 14.2. The molecule has 0 unspecified atom stereocenters. The lowest BCUT2D eigenvalue weighted by Gasteiger charge is -2.13. The molecule has 0 saturated carbocycles. The van der Waals surface area contributed by atoms with E-state index in [1.165, 1.54) is 28.7 Å². The van der Waals surface area contributed by atoms with Crippen LogP contribution in [0.3, 0.4) is 0 Å². The van der Waals surface area contributed by atoms with Gasteiger partial charge in [-0.3, -0.25) is 0 Å². The molecule has 0 fully saturated rings. The molecule has 0 atom stereocenters. The van der Waals surface area contributed by atoms with Crippen LogP contribution in [0, 0.1) is 0 Å². The maximum Gasteiger partial charge on any atom is 0.0789 e. The number of benzene rings is 2. The maximum absolute atomic E-state index is 2.43. The molecule has 4 rings (SSSR count). The summed E-state index contributed by atoms with van der Waals surface area (Å²) in [4.78, 5) is 0. The van der Waals surface area contributed by atoms with E-state index >= 15 is 0 Å². The molecule has 0 N–H and O–H groups in total. The van der Waals surface area contributed by atoms with E-state index < -0.39 is 0 Å². The average molecular weight is 312 g/mol. The van der Waals surface area contributed by atoms with Gasteiger partial charge in [-0.15, -0.1) is 0 Å². The van der Waals surface area contributed by atoms with Crippen LogP contribution in [0.5, 0.6) is 0 Å². The van der Waals surface area contributed by atoms with Crippen LogP contribution in [0.2, 0.25) is 0 Å². The molecule has 2 aliphatic rings. The first-order valence-corrected chi connectivity index (χ1v) is 9.71. The predicted octanol–water partition coefficient (Wildman–Crippen LogP) is 4.90. The first-order chi connectivity index (χ1) is 11.4. The largest absolute Gasteiger partial charge is 0.0809 e. The molecule has 0 amide bonds. The third-order valence-corrected chi connectivity index (χ3v) is 6.66. The van der Waals surface area contributed by atoms with E-state index in [0.29, 0.717) is 0 Å². The van der Waals surface area contributed by atoms with Gasteiger partial charge in [0.25, 0.3) is 0 Å². The summed E-state index contributed by atoms with van der Waals surface area (Å²) in [6.07, 6.45) is 11.6. The van der Waals surface area contributed by atoms with Crippen molar-refractivity contribution in [3.63, 3.8) is 0 Å². The Balaban J connectivity index is 1.77. The Bertz CT molecular complexity index is 821. The summed E-state index contributed by atoms with van der Waals surface area (Å²) in [7, 11) is -0.338. The van der Waals surface area contributed by atoms with Crippen molar-refractivity contribution in [2.24, 2.45) is 0 Å². The van der Waals surface area contributed by atoms with Gasteiger partial charge in [-0.2, -0.15) is 0 Å². The minimum Gasteiger partial charge on any atom is -0.0809 e. The molecule has 112 valence electrons. The van der Waals surface area contributed by atoms with Crippen LogP contribution < -0.4 is 0 Å². The lowest BCUT2D eigenvalue weighted by Crippen LogP contribution is -2.01. The zero-order chi connectivity index (χ0) is 15.5. The molecule has 0 spiro atoms. The molecular formula is C22H20Si. The van der Waals surface area contributed by atoms with Gasteiger partial charge < -0.3 is 0 Å². The minimum atomic E-state index is -0.338. The van der Waals surface area contributed by atoms with E-state index in [9.17, 15) is 0 Å². The van der Waals surface area contributed by atoms with E-state index in [4.69, 9.17) is 0 Å². The van der Waals surface area contributed by atoms with E-state index in [1.54, 1.807) is 10.4 Å². The van der Waals surface area contributed by atoms with Crippen molar-refractivity contribution in [3.05, 3.63) is 106 Å². The van der Waals surface area contributed by atoms with Gasteiger partial charge >= 0.3 is 0 Å². The third kappa shape index (κ3) is 2.93. The van der Waals surface area contributed by atoms with Crippen molar-refractivity contribution < 1.29 is 0 Å². The van der Waals surface area contributed by atoms with Gasteiger partial charge in [0.2, 0.25) is 0 Å². The molecule has 0 aliphatic heterocycles. The normalized spacial score (nSPS) is 17.2. The fraction of sp³-hybridized carbons (Fsp3) is 0.0909. The lowest BCUT2D eigenvalue weighted by atomic mass is 9.95.